The van der Waals surface area contributed by atoms with Gasteiger partial charge in [0.05, 0.1) is 6.10 Å². The number of carbonyl (C=O) groups is 2. The lowest BCUT2D eigenvalue weighted by Crippen LogP contribution is -2.51. The second-order valence-electron chi connectivity index (χ2n) is 4.15. The van der Waals surface area contributed by atoms with E-state index < -0.39 is 24.1 Å². The number of carboxylic acids is 1. The Kier molecular flexibility index (Phi) is 5.31. The van der Waals surface area contributed by atoms with Gasteiger partial charge in [0, 0.05) is 31.9 Å². The molecule has 0 fully saturated rings. The van der Waals surface area contributed by atoms with Crippen molar-refractivity contribution in [3.8, 4) is 0 Å². The molecule has 2 amide bonds. The molecule has 1 aromatic heterocycles. The van der Waals surface area contributed by atoms with Gasteiger partial charge in [-0.15, -0.1) is 0 Å². The van der Waals surface area contributed by atoms with Gasteiger partial charge in [0.1, 0.15) is 0 Å². The van der Waals surface area contributed by atoms with E-state index in [2.05, 4.69) is 15.7 Å². The first-order chi connectivity index (χ1) is 8.91. The Hall–Kier alpha value is -2.09. The summed E-state index contributed by atoms with van der Waals surface area (Å²) < 4.78 is 1.69. The predicted octanol–water partition coefficient (Wildman–Crippen LogP) is -0.904. The molecule has 106 valence electrons. The third-order valence-corrected chi connectivity index (χ3v) is 2.62. The van der Waals surface area contributed by atoms with E-state index in [9.17, 15) is 14.7 Å². The van der Waals surface area contributed by atoms with Gasteiger partial charge < -0.3 is 20.8 Å². The molecule has 4 N–H and O–H groups in total. The molecule has 0 bridgehead atoms. The third-order valence-electron chi connectivity index (χ3n) is 2.62. The smallest absolute Gasteiger partial charge is 0.328 e. The Morgan fingerprint density at radius 3 is 2.68 bits per heavy atom. The number of aliphatic hydroxyl groups is 1. The Bertz CT molecular complexity index is 444. The fourth-order valence-electron chi connectivity index (χ4n) is 1.53. The number of aliphatic hydroxyl groups excluding tert-OH is 1. The molecule has 0 saturated carbocycles. The molecule has 0 aliphatic carbocycles. The molecule has 0 radical (unpaired) electrons. The summed E-state index contributed by atoms with van der Waals surface area (Å²) in [6.07, 6.45) is 1.07. The van der Waals surface area contributed by atoms with Crippen LogP contribution in [0.15, 0.2) is 12.3 Å². The molecule has 0 aliphatic rings. The zero-order valence-electron chi connectivity index (χ0n) is 10.8. The lowest BCUT2D eigenvalue weighted by atomic mass is 10.2. The number of rotatable bonds is 6. The normalized spacial score (nSPS) is 13.6. The van der Waals surface area contributed by atoms with Crippen LogP contribution in [0.2, 0.25) is 0 Å². The predicted molar refractivity (Wildman–Crippen MR) is 66.6 cm³/mol. The Morgan fingerprint density at radius 2 is 2.21 bits per heavy atom. The van der Waals surface area contributed by atoms with E-state index >= 15 is 0 Å². The van der Waals surface area contributed by atoms with Crippen molar-refractivity contribution in [2.24, 2.45) is 7.05 Å². The van der Waals surface area contributed by atoms with Crippen molar-refractivity contribution in [1.29, 1.82) is 0 Å². The number of nitrogens with one attached hydrogen (secondary N) is 2. The second-order valence-corrected chi connectivity index (χ2v) is 4.15. The molecule has 0 spiro atoms. The van der Waals surface area contributed by atoms with Crippen molar-refractivity contribution in [3.05, 3.63) is 18.0 Å². The van der Waals surface area contributed by atoms with E-state index in [-0.39, 0.29) is 0 Å². The summed E-state index contributed by atoms with van der Waals surface area (Å²) in [6.45, 7) is 1.65. The summed E-state index contributed by atoms with van der Waals surface area (Å²) in [5.41, 5.74) is 0.950. The molecule has 19 heavy (non-hydrogen) atoms. The zero-order chi connectivity index (χ0) is 14.4. The van der Waals surface area contributed by atoms with Crippen molar-refractivity contribution in [3.63, 3.8) is 0 Å². The molecule has 0 aliphatic heterocycles. The van der Waals surface area contributed by atoms with Gasteiger partial charge in [0.15, 0.2) is 6.04 Å². The minimum atomic E-state index is -1.32. The van der Waals surface area contributed by atoms with Gasteiger partial charge in [-0.2, -0.15) is 5.10 Å². The van der Waals surface area contributed by atoms with Crippen LogP contribution < -0.4 is 10.6 Å². The average molecular weight is 270 g/mol. The quantitative estimate of drug-likeness (QED) is 0.534. The van der Waals surface area contributed by atoms with Crippen LogP contribution in [0, 0.1) is 0 Å². The summed E-state index contributed by atoms with van der Waals surface area (Å²) in [5, 5.41) is 26.7. The van der Waals surface area contributed by atoms with Crippen LogP contribution in [0.1, 0.15) is 12.6 Å². The zero-order valence-corrected chi connectivity index (χ0v) is 10.8. The number of carbonyl (C=O) groups excluding carboxylic acids is 1. The highest BCUT2D eigenvalue weighted by atomic mass is 16.4. The van der Waals surface area contributed by atoms with Crippen LogP contribution >= 0.6 is 0 Å². The van der Waals surface area contributed by atoms with E-state index in [1.807, 2.05) is 6.07 Å². The first kappa shape index (κ1) is 15.0. The highest BCUT2D eigenvalue weighted by Gasteiger charge is 2.24. The molecule has 8 nitrogen and oxygen atoms in total. The number of hydrogen-bond acceptors (Lipinski definition) is 4. The molecule has 1 heterocycles. The van der Waals surface area contributed by atoms with Crippen LogP contribution in [0.3, 0.4) is 0 Å². The number of nitrogens with zero attached hydrogens (tertiary/aromatic N) is 2. The summed E-state index contributed by atoms with van der Waals surface area (Å²) in [6, 6.07) is -0.123. The maximum absolute atomic E-state index is 11.5. The molecule has 1 rings (SSSR count). The lowest BCUT2D eigenvalue weighted by molar-refractivity contribution is -0.141. The average Bonchev–Trinajstić information content (AvgIpc) is 2.71. The number of aromatic nitrogens is 2. The lowest BCUT2D eigenvalue weighted by Gasteiger charge is -2.17. The van der Waals surface area contributed by atoms with E-state index in [1.54, 1.807) is 17.9 Å². The molecule has 2 unspecified atom stereocenters. The van der Waals surface area contributed by atoms with Gasteiger partial charge in [-0.25, -0.2) is 9.59 Å². The Balaban J connectivity index is 2.35. The highest BCUT2D eigenvalue weighted by molar-refractivity contribution is 5.82. The number of urea groups is 1. The number of aliphatic carboxylic acids is 1. The molecule has 8 heteroatoms. The van der Waals surface area contributed by atoms with E-state index in [4.69, 9.17) is 5.11 Å². The Morgan fingerprint density at radius 1 is 1.53 bits per heavy atom. The van der Waals surface area contributed by atoms with Crippen molar-refractivity contribution >= 4 is 12.0 Å². The van der Waals surface area contributed by atoms with Gasteiger partial charge >= 0.3 is 12.0 Å². The third kappa shape index (κ3) is 4.59. The fraction of sp³-hybridized carbons (Fsp3) is 0.545. The summed E-state index contributed by atoms with van der Waals surface area (Å²) in [4.78, 5) is 22.2. The highest BCUT2D eigenvalue weighted by Crippen LogP contribution is 1.96. The molecular weight excluding hydrogens is 252 g/mol. The summed E-state index contributed by atoms with van der Waals surface area (Å²) in [7, 11) is 1.79. The number of carboxylic acid groups (broad SMARTS) is 1. The van der Waals surface area contributed by atoms with Crippen molar-refractivity contribution in [1.82, 2.24) is 20.4 Å². The van der Waals surface area contributed by atoms with Gasteiger partial charge in [-0.3, -0.25) is 4.68 Å². The maximum Gasteiger partial charge on any atom is 0.328 e. The van der Waals surface area contributed by atoms with Gasteiger partial charge in [-0.1, -0.05) is 0 Å². The topological polar surface area (TPSA) is 116 Å². The summed E-state index contributed by atoms with van der Waals surface area (Å²) in [5.74, 6) is -1.28. The van der Waals surface area contributed by atoms with Gasteiger partial charge in [-0.05, 0) is 13.0 Å². The second kappa shape index (κ2) is 6.74. The minimum Gasteiger partial charge on any atom is -0.480 e. The van der Waals surface area contributed by atoms with Gasteiger partial charge in [0.2, 0.25) is 0 Å². The first-order valence-electron chi connectivity index (χ1n) is 5.84. The summed E-state index contributed by atoms with van der Waals surface area (Å²) >= 11 is 0. The van der Waals surface area contributed by atoms with Crippen LogP contribution in [-0.4, -0.2) is 50.7 Å². The monoisotopic (exact) mass is 270 g/mol. The van der Waals surface area contributed by atoms with Crippen LogP contribution in [0.4, 0.5) is 4.79 Å². The van der Waals surface area contributed by atoms with Crippen molar-refractivity contribution in [2.75, 3.05) is 6.54 Å². The van der Waals surface area contributed by atoms with Crippen LogP contribution in [0.5, 0.6) is 0 Å². The molecule has 0 aromatic carbocycles. The van der Waals surface area contributed by atoms with Gasteiger partial charge in [0.25, 0.3) is 0 Å². The SMILES string of the molecule is CC(O)C(NC(=O)NCCc1ccnn1C)C(=O)O. The van der Waals surface area contributed by atoms with Crippen molar-refractivity contribution in [2.45, 2.75) is 25.5 Å². The standard InChI is InChI=1S/C11H18N4O4/c1-7(16)9(10(17)18)14-11(19)12-5-3-8-4-6-13-15(8)2/h4,6-7,9,16H,3,5H2,1-2H3,(H,17,18)(H2,12,14,19). The molecular formula is C11H18N4O4. The van der Waals surface area contributed by atoms with Crippen molar-refractivity contribution < 1.29 is 19.8 Å². The van der Waals surface area contributed by atoms with E-state index in [0.29, 0.717) is 13.0 Å². The number of aryl methyl sites for hydroxylation is 1. The number of hydrogen-bond donors (Lipinski definition) is 4. The van der Waals surface area contributed by atoms with E-state index in [1.165, 1.54) is 6.92 Å². The van der Waals surface area contributed by atoms with Crippen LogP contribution in [-0.2, 0) is 18.3 Å². The number of amides is 2. The largest absolute Gasteiger partial charge is 0.480 e. The minimum absolute atomic E-state index is 0.345. The molecule has 2 atom stereocenters. The van der Waals surface area contributed by atoms with E-state index in [0.717, 1.165) is 5.69 Å². The molecule has 1 aromatic rings. The van der Waals surface area contributed by atoms with Crippen LogP contribution in [0.25, 0.3) is 0 Å². The Labute approximate surface area is 110 Å². The maximum atomic E-state index is 11.5. The molecule has 0 saturated heterocycles. The fourth-order valence-corrected chi connectivity index (χ4v) is 1.53. The first-order valence-corrected chi connectivity index (χ1v) is 5.84.